The van der Waals surface area contributed by atoms with E-state index < -0.39 is 11.7 Å². The van der Waals surface area contributed by atoms with Crippen LogP contribution in [0, 0.1) is 0 Å². The SMILES string of the molecule is NC1(C(F)c2ccc(O)cc2)CCCCC1. The average Bonchev–Trinajstić information content (AvgIpc) is 2.30. The zero-order chi connectivity index (χ0) is 11.6. The standard InChI is InChI=1S/C13H18FNO/c14-12(10-4-6-11(16)7-5-10)13(15)8-2-1-3-9-13/h4-7,12,16H,1-3,8-9,15H2. The maximum atomic E-state index is 14.3. The largest absolute Gasteiger partial charge is 0.508 e. The molecule has 0 heterocycles. The van der Waals surface area contributed by atoms with E-state index in [1.807, 2.05) is 0 Å². The van der Waals surface area contributed by atoms with E-state index in [1.165, 1.54) is 12.1 Å². The van der Waals surface area contributed by atoms with Gasteiger partial charge in [-0.3, -0.25) is 0 Å². The van der Waals surface area contributed by atoms with Crippen molar-refractivity contribution in [2.75, 3.05) is 0 Å². The smallest absolute Gasteiger partial charge is 0.143 e. The Balaban J connectivity index is 2.16. The lowest BCUT2D eigenvalue weighted by Crippen LogP contribution is -2.45. The molecule has 1 aliphatic carbocycles. The second-order valence-electron chi connectivity index (χ2n) is 4.75. The summed E-state index contributed by atoms with van der Waals surface area (Å²) in [5.41, 5.74) is 5.99. The third-order valence-electron chi connectivity index (χ3n) is 3.47. The first-order chi connectivity index (χ1) is 7.62. The van der Waals surface area contributed by atoms with Gasteiger partial charge in [0.1, 0.15) is 11.9 Å². The number of aromatic hydroxyl groups is 1. The molecule has 0 saturated heterocycles. The van der Waals surface area contributed by atoms with Gasteiger partial charge in [0.05, 0.1) is 5.54 Å². The molecule has 16 heavy (non-hydrogen) atoms. The molecule has 3 N–H and O–H groups in total. The Morgan fingerprint density at radius 1 is 1.12 bits per heavy atom. The van der Waals surface area contributed by atoms with Crippen molar-refractivity contribution in [3.63, 3.8) is 0 Å². The number of hydrogen-bond donors (Lipinski definition) is 2. The molecule has 1 atom stereocenters. The van der Waals surface area contributed by atoms with Crippen LogP contribution in [0.3, 0.4) is 0 Å². The van der Waals surface area contributed by atoms with Crippen LogP contribution in [0.2, 0.25) is 0 Å². The van der Waals surface area contributed by atoms with Crippen LogP contribution in [-0.4, -0.2) is 10.6 Å². The van der Waals surface area contributed by atoms with Crippen LogP contribution in [0.4, 0.5) is 4.39 Å². The van der Waals surface area contributed by atoms with Crippen molar-refractivity contribution in [2.24, 2.45) is 5.73 Å². The molecule has 1 aromatic rings. The number of alkyl halides is 1. The summed E-state index contributed by atoms with van der Waals surface area (Å²) >= 11 is 0. The van der Waals surface area contributed by atoms with Crippen molar-refractivity contribution < 1.29 is 9.50 Å². The Morgan fingerprint density at radius 2 is 1.69 bits per heavy atom. The van der Waals surface area contributed by atoms with Gasteiger partial charge in [-0.15, -0.1) is 0 Å². The lowest BCUT2D eigenvalue weighted by Gasteiger charge is -2.36. The summed E-state index contributed by atoms with van der Waals surface area (Å²) < 4.78 is 14.3. The average molecular weight is 223 g/mol. The quantitative estimate of drug-likeness (QED) is 0.809. The Bertz CT molecular complexity index is 343. The summed E-state index contributed by atoms with van der Waals surface area (Å²) in [5.74, 6) is 0.158. The first kappa shape index (κ1) is 11.4. The minimum Gasteiger partial charge on any atom is -0.508 e. The van der Waals surface area contributed by atoms with E-state index in [-0.39, 0.29) is 5.75 Å². The molecule has 0 spiro atoms. The number of halogens is 1. The molecular formula is C13H18FNO. The molecular weight excluding hydrogens is 205 g/mol. The fraction of sp³-hybridized carbons (Fsp3) is 0.538. The highest BCUT2D eigenvalue weighted by molar-refractivity contribution is 5.29. The van der Waals surface area contributed by atoms with Crippen LogP contribution in [0.5, 0.6) is 5.75 Å². The van der Waals surface area contributed by atoms with Gasteiger partial charge in [0.2, 0.25) is 0 Å². The fourth-order valence-corrected chi connectivity index (χ4v) is 2.44. The summed E-state index contributed by atoms with van der Waals surface area (Å²) in [6.45, 7) is 0. The maximum Gasteiger partial charge on any atom is 0.143 e. The van der Waals surface area contributed by atoms with Crippen LogP contribution < -0.4 is 5.73 Å². The second kappa shape index (κ2) is 4.42. The normalized spacial score (nSPS) is 21.6. The minimum absolute atomic E-state index is 0.158. The Labute approximate surface area is 95.3 Å². The number of nitrogens with two attached hydrogens (primary N) is 1. The number of rotatable bonds is 2. The first-order valence-corrected chi connectivity index (χ1v) is 5.84. The third-order valence-corrected chi connectivity index (χ3v) is 3.47. The Kier molecular flexibility index (Phi) is 3.15. The molecule has 0 aromatic heterocycles. The Morgan fingerprint density at radius 3 is 2.25 bits per heavy atom. The van der Waals surface area contributed by atoms with Gasteiger partial charge in [0.15, 0.2) is 0 Å². The van der Waals surface area contributed by atoms with Crippen molar-refractivity contribution in [1.82, 2.24) is 0 Å². The highest BCUT2D eigenvalue weighted by Gasteiger charge is 2.37. The van der Waals surface area contributed by atoms with Gasteiger partial charge in [0, 0.05) is 0 Å². The van der Waals surface area contributed by atoms with E-state index >= 15 is 0 Å². The summed E-state index contributed by atoms with van der Waals surface area (Å²) in [6.07, 6.45) is 3.53. The number of benzene rings is 1. The van der Waals surface area contributed by atoms with Gasteiger partial charge >= 0.3 is 0 Å². The first-order valence-electron chi connectivity index (χ1n) is 5.84. The van der Waals surface area contributed by atoms with Crippen molar-refractivity contribution >= 4 is 0 Å². The molecule has 0 amide bonds. The molecule has 1 saturated carbocycles. The minimum atomic E-state index is -1.13. The van der Waals surface area contributed by atoms with Gasteiger partial charge in [-0.1, -0.05) is 31.4 Å². The highest BCUT2D eigenvalue weighted by Crippen LogP contribution is 2.39. The fourth-order valence-electron chi connectivity index (χ4n) is 2.44. The molecule has 1 fully saturated rings. The van der Waals surface area contributed by atoms with Gasteiger partial charge in [-0.2, -0.15) is 0 Å². The molecule has 1 unspecified atom stereocenters. The van der Waals surface area contributed by atoms with Crippen molar-refractivity contribution in [2.45, 2.75) is 43.8 Å². The van der Waals surface area contributed by atoms with Gasteiger partial charge in [0.25, 0.3) is 0 Å². The number of phenols is 1. The zero-order valence-electron chi connectivity index (χ0n) is 9.32. The molecule has 0 aliphatic heterocycles. The highest BCUT2D eigenvalue weighted by atomic mass is 19.1. The molecule has 1 aromatic carbocycles. The molecule has 2 nitrogen and oxygen atoms in total. The summed E-state index contributed by atoms with van der Waals surface area (Å²) in [7, 11) is 0. The maximum absolute atomic E-state index is 14.3. The molecule has 1 aliphatic rings. The van der Waals surface area contributed by atoms with Crippen molar-refractivity contribution in [3.05, 3.63) is 29.8 Å². The van der Waals surface area contributed by atoms with E-state index in [0.717, 1.165) is 32.1 Å². The zero-order valence-corrected chi connectivity index (χ0v) is 9.32. The second-order valence-corrected chi connectivity index (χ2v) is 4.75. The number of hydrogen-bond acceptors (Lipinski definition) is 2. The van der Waals surface area contributed by atoms with Gasteiger partial charge < -0.3 is 10.8 Å². The topological polar surface area (TPSA) is 46.2 Å². The van der Waals surface area contributed by atoms with Crippen LogP contribution in [-0.2, 0) is 0 Å². The van der Waals surface area contributed by atoms with E-state index in [1.54, 1.807) is 12.1 Å². The third kappa shape index (κ3) is 2.19. The van der Waals surface area contributed by atoms with Crippen LogP contribution in [0.25, 0.3) is 0 Å². The van der Waals surface area contributed by atoms with E-state index in [9.17, 15) is 4.39 Å². The molecule has 3 heteroatoms. The molecule has 2 rings (SSSR count). The van der Waals surface area contributed by atoms with Gasteiger partial charge in [-0.05, 0) is 30.5 Å². The van der Waals surface area contributed by atoms with Gasteiger partial charge in [-0.25, -0.2) is 4.39 Å². The monoisotopic (exact) mass is 223 g/mol. The molecule has 0 bridgehead atoms. The van der Waals surface area contributed by atoms with Crippen molar-refractivity contribution in [3.8, 4) is 5.75 Å². The van der Waals surface area contributed by atoms with E-state index in [2.05, 4.69) is 0 Å². The summed E-state index contributed by atoms with van der Waals surface area (Å²) in [6, 6.07) is 6.24. The van der Waals surface area contributed by atoms with E-state index in [0.29, 0.717) is 5.56 Å². The molecule has 0 radical (unpaired) electrons. The predicted molar refractivity (Wildman–Crippen MR) is 62.0 cm³/mol. The predicted octanol–water partition coefficient (Wildman–Crippen LogP) is 3.06. The van der Waals surface area contributed by atoms with Crippen molar-refractivity contribution in [1.29, 1.82) is 0 Å². The molecule has 88 valence electrons. The summed E-state index contributed by atoms with van der Waals surface area (Å²) in [4.78, 5) is 0. The number of phenolic OH excluding ortho intramolecular Hbond substituents is 1. The Hall–Kier alpha value is -1.09. The van der Waals surface area contributed by atoms with Crippen LogP contribution in [0.1, 0.15) is 43.8 Å². The summed E-state index contributed by atoms with van der Waals surface area (Å²) in [5, 5.41) is 9.16. The van der Waals surface area contributed by atoms with Crippen LogP contribution >= 0.6 is 0 Å². The lowest BCUT2D eigenvalue weighted by molar-refractivity contribution is 0.143. The van der Waals surface area contributed by atoms with E-state index in [4.69, 9.17) is 10.8 Å². The lowest BCUT2D eigenvalue weighted by atomic mass is 9.77. The van der Waals surface area contributed by atoms with Crippen LogP contribution in [0.15, 0.2) is 24.3 Å².